The third kappa shape index (κ3) is 5.16. The summed E-state index contributed by atoms with van der Waals surface area (Å²) in [5.74, 6) is 0.325. The molecule has 1 aromatic heterocycles. The molecule has 0 unspecified atom stereocenters. The Bertz CT molecular complexity index is 992. The van der Waals surface area contributed by atoms with E-state index in [0.29, 0.717) is 25.1 Å². The Morgan fingerprint density at radius 3 is 2.50 bits per heavy atom. The Hall–Kier alpha value is -3.37. The number of aryl methyl sites for hydroxylation is 1. The van der Waals surface area contributed by atoms with Crippen LogP contribution in [-0.2, 0) is 6.67 Å². The summed E-state index contributed by atoms with van der Waals surface area (Å²) < 4.78 is 38.0. The van der Waals surface area contributed by atoms with Crippen LogP contribution in [0, 0.1) is 6.92 Å². The number of anilines is 2. The first-order chi connectivity index (χ1) is 14.3. The molecule has 0 atom stereocenters. The lowest BCUT2D eigenvalue weighted by Crippen LogP contribution is -2.48. The number of para-hydroxylation sites is 1. The van der Waals surface area contributed by atoms with E-state index in [2.05, 4.69) is 38.9 Å². The van der Waals surface area contributed by atoms with Gasteiger partial charge in [0.1, 0.15) is 18.7 Å². The van der Waals surface area contributed by atoms with E-state index in [-0.39, 0.29) is 6.67 Å². The van der Waals surface area contributed by atoms with Crippen LogP contribution in [0.15, 0.2) is 52.2 Å². The fraction of sp³-hybridized carbons (Fsp3) is 0.368. The second-order valence-corrected chi connectivity index (χ2v) is 6.76. The Labute approximate surface area is 171 Å². The predicted molar refractivity (Wildman–Crippen MR) is 109 cm³/mol. The molecule has 1 aliphatic heterocycles. The van der Waals surface area contributed by atoms with Crippen LogP contribution in [-0.4, -0.2) is 53.1 Å². The van der Waals surface area contributed by atoms with Crippen LogP contribution in [0.1, 0.15) is 5.56 Å². The Kier molecular flexibility index (Phi) is 6.38. The average molecular weight is 421 g/mol. The summed E-state index contributed by atoms with van der Waals surface area (Å²) in [6, 6.07) is 8.16. The van der Waals surface area contributed by atoms with Gasteiger partial charge in [0.2, 0.25) is 5.95 Å². The van der Waals surface area contributed by atoms with Gasteiger partial charge in [0.25, 0.3) is 0 Å². The lowest BCUT2D eigenvalue weighted by Gasteiger charge is -2.36. The van der Waals surface area contributed by atoms with Gasteiger partial charge in [0.15, 0.2) is 0 Å². The van der Waals surface area contributed by atoms with Gasteiger partial charge in [0, 0.05) is 38.1 Å². The van der Waals surface area contributed by atoms with E-state index in [0.717, 1.165) is 23.9 Å². The minimum atomic E-state index is -4.61. The summed E-state index contributed by atoms with van der Waals surface area (Å²) in [5.41, 5.74) is 5.41. The van der Waals surface area contributed by atoms with Gasteiger partial charge in [-0.15, -0.1) is 0 Å². The molecule has 0 bridgehead atoms. The number of rotatable bonds is 5. The second kappa shape index (κ2) is 8.97. The van der Waals surface area contributed by atoms with E-state index in [9.17, 15) is 18.0 Å². The number of nitrogens with two attached hydrogens (primary N) is 1. The highest BCUT2D eigenvalue weighted by molar-refractivity contribution is 5.72. The molecule has 160 valence electrons. The van der Waals surface area contributed by atoms with Gasteiger partial charge >= 0.3 is 11.9 Å². The number of benzene rings is 1. The maximum Gasteiger partial charge on any atom is 0.430 e. The van der Waals surface area contributed by atoms with Crippen molar-refractivity contribution in [2.45, 2.75) is 19.8 Å². The summed E-state index contributed by atoms with van der Waals surface area (Å²) in [4.78, 5) is 28.3. The minimum Gasteiger partial charge on any atom is -0.395 e. The number of aromatic nitrogens is 3. The molecule has 0 spiro atoms. The van der Waals surface area contributed by atoms with Crippen LogP contribution in [0.4, 0.5) is 24.8 Å². The van der Waals surface area contributed by atoms with Gasteiger partial charge in [-0.2, -0.15) is 18.2 Å². The first-order valence-electron chi connectivity index (χ1n) is 9.27. The van der Waals surface area contributed by atoms with Crippen molar-refractivity contribution in [3.63, 3.8) is 0 Å². The topological polar surface area (TPSA) is 92.6 Å². The van der Waals surface area contributed by atoms with E-state index in [1.54, 1.807) is 0 Å². The van der Waals surface area contributed by atoms with Crippen molar-refractivity contribution < 1.29 is 13.2 Å². The standard InChI is InChI=1S/C19H22F3N7O/c1-14-4-2-3-5-15(14)27-8-10-28(11-9-27)17-25-13-29(18(30)26-17)12-24-7-6-16(23)19(20,21)22/h2-7,13H,8-12,23H2,1H3. The van der Waals surface area contributed by atoms with Gasteiger partial charge in [-0.1, -0.05) is 18.2 Å². The fourth-order valence-electron chi connectivity index (χ4n) is 3.03. The smallest absolute Gasteiger partial charge is 0.395 e. The van der Waals surface area contributed by atoms with E-state index >= 15 is 0 Å². The van der Waals surface area contributed by atoms with Crippen molar-refractivity contribution in [2.75, 3.05) is 36.0 Å². The number of piperazine rings is 1. The third-order valence-electron chi connectivity index (χ3n) is 4.69. The largest absolute Gasteiger partial charge is 0.430 e. The first-order valence-corrected chi connectivity index (χ1v) is 9.27. The molecule has 1 fully saturated rings. The van der Waals surface area contributed by atoms with E-state index in [1.165, 1.54) is 17.6 Å². The lowest BCUT2D eigenvalue weighted by atomic mass is 10.1. The molecule has 1 aromatic carbocycles. The van der Waals surface area contributed by atoms with Crippen molar-refractivity contribution in [1.29, 1.82) is 0 Å². The number of halogens is 3. The molecule has 0 amide bonds. The van der Waals surface area contributed by atoms with Gasteiger partial charge in [-0.25, -0.2) is 9.78 Å². The number of nitrogens with zero attached hydrogens (tertiary/aromatic N) is 6. The monoisotopic (exact) mass is 421 g/mol. The molecule has 2 N–H and O–H groups in total. The molecule has 30 heavy (non-hydrogen) atoms. The Balaban J connectivity index is 1.60. The molecule has 2 heterocycles. The molecule has 0 radical (unpaired) electrons. The lowest BCUT2D eigenvalue weighted by molar-refractivity contribution is -0.0925. The predicted octanol–water partition coefficient (Wildman–Crippen LogP) is 1.71. The molecule has 11 heteroatoms. The summed E-state index contributed by atoms with van der Waals surface area (Å²) in [6.07, 6.45) is -1.80. The van der Waals surface area contributed by atoms with Crippen LogP contribution in [0.2, 0.25) is 0 Å². The maximum atomic E-state index is 12.3. The Morgan fingerprint density at radius 2 is 1.87 bits per heavy atom. The molecule has 1 aliphatic rings. The zero-order valence-electron chi connectivity index (χ0n) is 16.4. The fourth-order valence-corrected chi connectivity index (χ4v) is 3.03. The molecule has 8 nitrogen and oxygen atoms in total. The van der Waals surface area contributed by atoms with E-state index in [4.69, 9.17) is 5.73 Å². The number of alkyl halides is 3. The number of aliphatic imine (C=N–C) groups is 1. The van der Waals surface area contributed by atoms with Crippen molar-refractivity contribution in [1.82, 2.24) is 14.5 Å². The summed E-state index contributed by atoms with van der Waals surface area (Å²) in [6.45, 7) is 4.74. The Morgan fingerprint density at radius 1 is 1.20 bits per heavy atom. The molecular weight excluding hydrogens is 399 g/mol. The first kappa shape index (κ1) is 21.3. The quantitative estimate of drug-likeness (QED) is 0.739. The highest BCUT2D eigenvalue weighted by Crippen LogP contribution is 2.22. The molecular formula is C19H22F3N7O. The third-order valence-corrected chi connectivity index (χ3v) is 4.69. The number of hydrogen-bond acceptors (Lipinski definition) is 7. The van der Waals surface area contributed by atoms with Gasteiger partial charge in [0.05, 0.1) is 0 Å². The normalized spacial score (nSPS) is 15.8. The van der Waals surface area contributed by atoms with Crippen molar-refractivity contribution >= 4 is 17.9 Å². The molecule has 0 saturated carbocycles. The van der Waals surface area contributed by atoms with Crippen LogP contribution >= 0.6 is 0 Å². The minimum absolute atomic E-state index is 0.207. The van der Waals surface area contributed by atoms with Crippen molar-refractivity contribution in [2.24, 2.45) is 10.7 Å². The molecule has 0 aliphatic carbocycles. The molecule has 1 saturated heterocycles. The molecule has 2 aromatic rings. The van der Waals surface area contributed by atoms with Crippen LogP contribution < -0.4 is 21.2 Å². The van der Waals surface area contributed by atoms with Gasteiger partial charge < -0.3 is 15.5 Å². The molecule has 3 rings (SSSR count). The zero-order valence-corrected chi connectivity index (χ0v) is 16.4. The summed E-state index contributed by atoms with van der Waals surface area (Å²) in [7, 11) is 0. The van der Waals surface area contributed by atoms with Crippen LogP contribution in [0.5, 0.6) is 0 Å². The van der Waals surface area contributed by atoms with Gasteiger partial charge in [-0.05, 0) is 24.6 Å². The van der Waals surface area contributed by atoms with Crippen molar-refractivity contribution in [3.05, 3.63) is 58.4 Å². The van der Waals surface area contributed by atoms with E-state index in [1.807, 2.05) is 17.0 Å². The van der Waals surface area contributed by atoms with Gasteiger partial charge in [-0.3, -0.25) is 9.56 Å². The van der Waals surface area contributed by atoms with Crippen LogP contribution in [0.25, 0.3) is 0 Å². The highest BCUT2D eigenvalue weighted by Gasteiger charge is 2.30. The number of allylic oxidation sites excluding steroid dienone is 2. The second-order valence-electron chi connectivity index (χ2n) is 6.76. The van der Waals surface area contributed by atoms with E-state index < -0.39 is 17.6 Å². The maximum absolute atomic E-state index is 12.3. The zero-order chi connectivity index (χ0) is 21.7. The van der Waals surface area contributed by atoms with Crippen LogP contribution in [0.3, 0.4) is 0 Å². The summed E-state index contributed by atoms with van der Waals surface area (Å²) >= 11 is 0. The summed E-state index contributed by atoms with van der Waals surface area (Å²) in [5, 5.41) is 0. The van der Waals surface area contributed by atoms with Crippen molar-refractivity contribution in [3.8, 4) is 0 Å². The highest BCUT2D eigenvalue weighted by atomic mass is 19.4. The number of hydrogen-bond donors (Lipinski definition) is 1. The average Bonchev–Trinajstić information content (AvgIpc) is 2.72. The SMILES string of the molecule is Cc1ccccc1N1CCN(c2ncn(CN=CC=C(N)C(F)(F)F)c(=O)n2)CC1.